The average molecular weight is 216 g/mol. The number of benzene rings is 1. The molecule has 0 nitrogen and oxygen atoms in total. The summed E-state index contributed by atoms with van der Waals surface area (Å²) < 4.78 is 0. The van der Waals surface area contributed by atoms with Crippen molar-refractivity contribution in [2.75, 3.05) is 0 Å². The van der Waals surface area contributed by atoms with Crippen LogP contribution in [0.3, 0.4) is 0 Å². The van der Waals surface area contributed by atoms with Crippen molar-refractivity contribution in [1.82, 2.24) is 0 Å². The number of rotatable bonds is 5. The summed E-state index contributed by atoms with van der Waals surface area (Å²) in [5.41, 5.74) is 4.25. The molecule has 0 aromatic heterocycles. The minimum absolute atomic E-state index is 0.714. The normalized spacial score (nSPS) is 11.1. The lowest BCUT2D eigenvalue weighted by Gasteiger charge is -2.14. The molecule has 0 unspecified atom stereocenters. The van der Waals surface area contributed by atoms with Crippen molar-refractivity contribution in [2.45, 2.75) is 40.5 Å². The van der Waals surface area contributed by atoms with Gasteiger partial charge in [-0.05, 0) is 41.4 Å². The maximum absolute atomic E-state index is 3.84. The Hall–Kier alpha value is -1.04. The van der Waals surface area contributed by atoms with Gasteiger partial charge in [-0.1, -0.05) is 58.5 Å². The molecule has 0 aliphatic heterocycles. The second kappa shape index (κ2) is 5.89. The van der Waals surface area contributed by atoms with E-state index in [1.165, 1.54) is 29.5 Å². The second-order valence-electron chi connectivity index (χ2n) is 5.43. The maximum Gasteiger partial charge on any atom is -0.0253 e. The van der Waals surface area contributed by atoms with Gasteiger partial charge >= 0.3 is 0 Å². The van der Waals surface area contributed by atoms with Crippen LogP contribution in [0.1, 0.15) is 44.4 Å². The van der Waals surface area contributed by atoms with Crippen LogP contribution in [0, 0.1) is 11.8 Å². The van der Waals surface area contributed by atoms with E-state index < -0.39 is 0 Å². The van der Waals surface area contributed by atoms with Crippen molar-refractivity contribution in [3.8, 4) is 0 Å². The molecule has 0 aliphatic rings. The number of hydrogen-bond acceptors (Lipinski definition) is 0. The summed E-state index contributed by atoms with van der Waals surface area (Å²) in [6.45, 7) is 13.0. The molecule has 0 bridgehead atoms. The Bertz CT molecular complexity index is 345. The lowest BCUT2D eigenvalue weighted by Crippen LogP contribution is -2.03. The molecular weight excluding hydrogens is 192 g/mol. The van der Waals surface area contributed by atoms with E-state index in [1.54, 1.807) is 0 Å². The smallest absolute Gasteiger partial charge is 0.0253 e. The molecule has 1 rings (SSSR count). The first-order chi connectivity index (χ1) is 7.52. The van der Waals surface area contributed by atoms with Crippen LogP contribution in [0.2, 0.25) is 0 Å². The van der Waals surface area contributed by atoms with Crippen LogP contribution < -0.4 is 0 Å². The van der Waals surface area contributed by atoms with Gasteiger partial charge < -0.3 is 0 Å². The lowest BCUT2D eigenvalue weighted by atomic mass is 9.91. The van der Waals surface area contributed by atoms with E-state index in [0.717, 1.165) is 5.92 Å². The molecule has 0 aliphatic carbocycles. The summed E-state index contributed by atoms with van der Waals surface area (Å²) in [6.07, 6.45) is 4.28. The topological polar surface area (TPSA) is 0 Å². The van der Waals surface area contributed by atoms with Crippen LogP contribution in [0.25, 0.3) is 6.08 Å². The van der Waals surface area contributed by atoms with E-state index in [9.17, 15) is 0 Å². The Labute approximate surface area is 100 Å². The van der Waals surface area contributed by atoms with Crippen molar-refractivity contribution in [2.24, 2.45) is 11.8 Å². The predicted octanol–water partition coefficient (Wildman–Crippen LogP) is 4.73. The molecule has 1 aromatic carbocycles. The molecule has 0 saturated heterocycles. The molecule has 0 atom stereocenters. The standard InChI is InChI=1S/C16H24/c1-6-14-7-8-15(9-12(2)3)16(11-14)10-13(4)5/h6-8,11-13H,1,9-10H2,2-5H3. The summed E-state index contributed by atoms with van der Waals surface area (Å²) >= 11 is 0. The second-order valence-corrected chi connectivity index (χ2v) is 5.43. The van der Waals surface area contributed by atoms with E-state index in [1.807, 2.05) is 6.08 Å². The third-order valence-corrected chi connectivity index (χ3v) is 2.72. The molecule has 0 N–H and O–H groups in total. The SMILES string of the molecule is C=Cc1ccc(CC(C)C)c(CC(C)C)c1. The van der Waals surface area contributed by atoms with E-state index in [2.05, 4.69) is 52.5 Å². The minimum Gasteiger partial charge on any atom is -0.0985 e. The third-order valence-electron chi connectivity index (χ3n) is 2.72. The van der Waals surface area contributed by atoms with Crippen molar-refractivity contribution in [3.63, 3.8) is 0 Å². The molecule has 0 amide bonds. The summed E-state index contributed by atoms with van der Waals surface area (Å²) in [4.78, 5) is 0. The first-order valence-corrected chi connectivity index (χ1v) is 6.27. The molecule has 0 heterocycles. The molecule has 0 spiro atoms. The monoisotopic (exact) mass is 216 g/mol. The predicted molar refractivity (Wildman–Crippen MR) is 73.6 cm³/mol. The van der Waals surface area contributed by atoms with Crippen LogP contribution >= 0.6 is 0 Å². The molecule has 16 heavy (non-hydrogen) atoms. The minimum atomic E-state index is 0.714. The van der Waals surface area contributed by atoms with Gasteiger partial charge in [-0.15, -0.1) is 0 Å². The summed E-state index contributed by atoms with van der Waals surface area (Å²) in [5, 5.41) is 0. The van der Waals surface area contributed by atoms with Gasteiger partial charge in [0, 0.05) is 0 Å². The van der Waals surface area contributed by atoms with E-state index in [0.29, 0.717) is 5.92 Å². The Balaban J connectivity index is 3.00. The van der Waals surface area contributed by atoms with Crippen LogP contribution in [0.15, 0.2) is 24.8 Å². The lowest BCUT2D eigenvalue weighted by molar-refractivity contribution is 0.616. The summed E-state index contributed by atoms with van der Waals surface area (Å²) in [6, 6.07) is 6.74. The van der Waals surface area contributed by atoms with Gasteiger partial charge in [-0.25, -0.2) is 0 Å². The first-order valence-electron chi connectivity index (χ1n) is 6.27. The Morgan fingerprint density at radius 1 is 1.00 bits per heavy atom. The van der Waals surface area contributed by atoms with Crippen molar-refractivity contribution in [1.29, 1.82) is 0 Å². The highest BCUT2D eigenvalue weighted by Crippen LogP contribution is 2.20. The fraction of sp³-hybridized carbons (Fsp3) is 0.500. The number of hydrogen-bond donors (Lipinski definition) is 0. The zero-order valence-electron chi connectivity index (χ0n) is 11.1. The maximum atomic E-state index is 3.84. The van der Waals surface area contributed by atoms with Gasteiger partial charge in [0.15, 0.2) is 0 Å². The third kappa shape index (κ3) is 3.84. The molecule has 0 heteroatoms. The fourth-order valence-electron chi connectivity index (χ4n) is 2.04. The molecular formula is C16H24. The molecule has 0 saturated carbocycles. The van der Waals surface area contributed by atoms with Gasteiger partial charge in [-0.2, -0.15) is 0 Å². The van der Waals surface area contributed by atoms with Crippen molar-refractivity contribution < 1.29 is 0 Å². The van der Waals surface area contributed by atoms with Gasteiger partial charge in [0.1, 0.15) is 0 Å². The highest BCUT2D eigenvalue weighted by Gasteiger charge is 2.07. The van der Waals surface area contributed by atoms with Crippen LogP contribution in [0.4, 0.5) is 0 Å². The quantitative estimate of drug-likeness (QED) is 0.667. The fourth-order valence-corrected chi connectivity index (χ4v) is 2.04. The Morgan fingerprint density at radius 3 is 2.06 bits per heavy atom. The highest BCUT2D eigenvalue weighted by atomic mass is 14.1. The van der Waals surface area contributed by atoms with E-state index >= 15 is 0 Å². The zero-order valence-corrected chi connectivity index (χ0v) is 11.1. The average Bonchev–Trinajstić information content (AvgIpc) is 2.19. The molecule has 88 valence electrons. The van der Waals surface area contributed by atoms with Gasteiger partial charge in [0.25, 0.3) is 0 Å². The summed E-state index contributed by atoms with van der Waals surface area (Å²) in [5.74, 6) is 1.44. The van der Waals surface area contributed by atoms with Crippen LogP contribution in [0.5, 0.6) is 0 Å². The van der Waals surface area contributed by atoms with E-state index in [4.69, 9.17) is 0 Å². The molecule has 0 radical (unpaired) electrons. The Morgan fingerprint density at radius 2 is 1.56 bits per heavy atom. The van der Waals surface area contributed by atoms with E-state index in [-0.39, 0.29) is 0 Å². The van der Waals surface area contributed by atoms with Crippen molar-refractivity contribution >= 4 is 6.08 Å². The van der Waals surface area contributed by atoms with Gasteiger partial charge in [0.2, 0.25) is 0 Å². The first kappa shape index (κ1) is 13.0. The zero-order chi connectivity index (χ0) is 12.1. The molecule has 0 fully saturated rings. The van der Waals surface area contributed by atoms with Gasteiger partial charge in [0.05, 0.1) is 0 Å². The Kier molecular flexibility index (Phi) is 4.79. The van der Waals surface area contributed by atoms with Crippen molar-refractivity contribution in [3.05, 3.63) is 41.5 Å². The van der Waals surface area contributed by atoms with Crippen LogP contribution in [-0.4, -0.2) is 0 Å². The molecule has 1 aromatic rings. The highest BCUT2D eigenvalue weighted by molar-refractivity contribution is 5.50. The van der Waals surface area contributed by atoms with Crippen LogP contribution in [-0.2, 0) is 12.8 Å². The largest absolute Gasteiger partial charge is 0.0985 e. The summed E-state index contributed by atoms with van der Waals surface area (Å²) in [7, 11) is 0. The van der Waals surface area contributed by atoms with Gasteiger partial charge in [-0.3, -0.25) is 0 Å².